The highest BCUT2D eigenvalue weighted by Crippen LogP contribution is 2.17. The molecule has 1 atom stereocenters. The number of carbonyl (C=O) groups is 1. The van der Waals surface area contributed by atoms with Crippen molar-refractivity contribution >= 4 is 21.9 Å². The average Bonchev–Trinajstić information content (AvgIpc) is 2.21. The number of nitrogens with two attached hydrogens (primary N) is 1. The summed E-state index contributed by atoms with van der Waals surface area (Å²) in [5.41, 5.74) is 6.72. The number of benzene rings is 1. The fourth-order valence-electron chi connectivity index (χ4n) is 1.23. The van der Waals surface area contributed by atoms with Gasteiger partial charge in [-0.25, -0.2) is 0 Å². The first-order valence-electron chi connectivity index (χ1n) is 4.80. The monoisotopic (exact) mass is 271 g/mol. The Labute approximate surface area is 97.7 Å². The lowest BCUT2D eigenvalue weighted by atomic mass is 10.1. The Bertz CT molecular complexity index is 341. The molecule has 0 spiro atoms. The van der Waals surface area contributed by atoms with Gasteiger partial charge in [0.2, 0.25) is 0 Å². The summed E-state index contributed by atoms with van der Waals surface area (Å²) in [6, 6.07) is 7.10. The molecule has 4 heteroatoms. The van der Waals surface area contributed by atoms with Gasteiger partial charge in [-0.2, -0.15) is 0 Å². The maximum absolute atomic E-state index is 11.3. The lowest BCUT2D eigenvalue weighted by Gasteiger charge is -2.11. The fraction of sp³-hybridized carbons (Fsp3) is 0.364. The number of hydrogen-bond donors (Lipinski definition) is 1. The Morgan fingerprint density at radius 3 is 2.80 bits per heavy atom. The Morgan fingerprint density at radius 2 is 2.20 bits per heavy atom. The molecule has 3 nitrogen and oxygen atoms in total. The van der Waals surface area contributed by atoms with Crippen molar-refractivity contribution < 1.29 is 9.53 Å². The molecule has 0 bridgehead atoms. The van der Waals surface area contributed by atoms with E-state index in [9.17, 15) is 4.79 Å². The van der Waals surface area contributed by atoms with Crippen LogP contribution >= 0.6 is 15.9 Å². The maximum Gasteiger partial charge on any atom is 0.323 e. The van der Waals surface area contributed by atoms with Crippen LogP contribution in [-0.4, -0.2) is 18.6 Å². The highest BCUT2D eigenvalue weighted by atomic mass is 79.9. The first-order valence-corrected chi connectivity index (χ1v) is 5.60. The van der Waals surface area contributed by atoms with Gasteiger partial charge in [0.1, 0.15) is 6.04 Å². The summed E-state index contributed by atoms with van der Waals surface area (Å²) in [7, 11) is 0. The molecule has 0 amide bonds. The van der Waals surface area contributed by atoms with Crippen molar-refractivity contribution in [3.63, 3.8) is 0 Å². The second-order valence-electron chi connectivity index (χ2n) is 3.15. The number of rotatable bonds is 4. The van der Waals surface area contributed by atoms with Crippen molar-refractivity contribution in [1.82, 2.24) is 0 Å². The summed E-state index contributed by atoms with van der Waals surface area (Å²) in [6.45, 7) is 2.13. The van der Waals surface area contributed by atoms with Crippen molar-refractivity contribution in [1.29, 1.82) is 0 Å². The highest BCUT2D eigenvalue weighted by molar-refractivity contribution is 9.10. The second kappa shape index (κ2) is 5.88. The Balaban J connectivity index is 2.62. The van der Waals surface area contributed by atoms with Crippen molar-refractivity contribution in [2.45, 2.75) is 19.4 Å². The predicted octanol–water partition coefficient (Wildman–Crippen LogP) is 1.88. The highest BCUT2D eigenvalue weighted by Gasteiger charge is 2.15. The van der Waals surface area contributed by atoms with Crippen molar-refractivity contribution in [3.05, 3.63) is 34.3 Å². The molecule has 1 aromatic carbocycles. The molecule has 0 aromatic heterocycles. The van der Waals surface area contributed by atoms with Crippen LogP contribution in [0.25, 0.3) is 0 Å². The van der Waals surface area contributed by atoms with E-state index in [1.807, 2.05) is 24.3 Å². The molecule has 82 valence electrons. The van der Waals surface area contributed by atoms with Gasteiger partial charge in [0.05, 0.1) is 6.61 Å². The summed E-state index contributed by atoms with van der Waals surface area (Å²) in [4.78, 5) is 11.3. The number of esters is 1. The molecule has 0 radical (unpaired) electrons. The van der Waals surface area contributed by atoms with Crippen LogP contribution in [0, 0.1) is 0 Å². The van der Waals surface area contributed by atoms with E-state index < -0.39 is 6.04 Å². The van der Waals surface area contributed by atoms with Gasteiger partial charge < -0.3 is 10.5 Å². The zero-order valence-electron chi connectivity index (χ0n) is 8.57. The molecule has 0 aliphatic heterocycles. The zero-order valence-corrected chi connectivity index (χ0v) is 10.2. The minimum absolute atomic E-state index is 0.353. The predicted molar refractivity (Wildman–Crippen MR) is 62.5 cm³/mol. The number of ether oxygens (including phenoxy) is 1. The van der Waals surface area contributed by atoms with Crippen LogP contribution in [-0.2, 0) is 16.0 Å². The Morgan fingerprint density at radius 1 is 1.53 bits per heavy atom. The molecule has 2 N–H and O–H groups in total. The lowest BCUT2D eigenvalue weighted by Crippen LogP contribution is -2.34. The van der Waals surface area contributed by atoms with Crippen LogP contribution < -0.4 is 5.73 Å². The van der Waals surface area contributed by atoms with Crippen LogP contribution in [0.4, 0.5) is 0 Å². The van der Waals surface area contributed by atoms with Crippen LogP contribution in [0.1, 0.15) is 12.5 Å². The van der Waals surface area contributed by atoms with Gasteiger partial charge in [-0.1, -0.05) is 34.1 Å². The van der Waals surface area contributed by atoms with Gasteiger partial charge in [0.15, 0.2) is 0 Å². The van der Waals surface area contributed by atoms with E-state index in [4.69, 9.17) is 10.5 Å². The standard InChI is InChI=1S/C11H14BrNO2/c1-2-15-11(14)10(13)7-8-5-3-4-6-9(8)12/h3-6,10H,2,7,13H2,1H3/t10-/m0/s1. The van der Waals surface area contributed by atoms with Crippen LogP contribution in [0.15, 0.2) is 28.7 Å². The maximum atomic E-state index is 11.3. The van der Waals surface area contributed by atoms with Crippen LogP contribution in [0.2, 0.25) is 0 Å². The van der Waals surface area contributed by atoms with Crippen LogP contribution in [0.5, 0.6) is 0 Å². The smallest absolute Gasteiger partial charge is 0.323 e. The van der Waals surface area contributed by atoms with Gasteiger partial charge in [0, 0.05) is 4.47 Å². The molecule has 0 saturated heterocycles. The molecular weight excluding hydrogens is 258 g/mol. The summed E-state index contributed by atoms with van der Waals surface area (Å²) in [5, 5.41) is 0. The molecule has 0 unspecified atom stereocenters. The number of hydrogen-bond acceptors (Lipinski definition) is 3. The molecule has 0 fully saturated rings. The Hall–Kier alpha value is -0.870. The Kier molecular flexibility index (Phi) is 4.78. The third-order valence-electron chi connectivity index (χ3n) is 1.99. The minimum atomic E-state index is -0.594. The average molecular weight is 272 g/mol. The molecule has 0 aliphatic rings. The molecule has 0 aliphatic carbocycles. The second-order valence-corrected chi connectivity index (χ2v) is 4.01. The van der Waals surface area contributed by atoms with E-state index in [0.29, 0.717) is 13.0 Å². The SMILES string of the molecule is CCOC(=O)[C@@H](N)Cc1ccccc1Br. The minimum Gasteiger partial charge on any atom is -0.465 e. The van der Waals surface area contributed by atoms with Crippen molar-refractivity contribution in [2.24, 2.45) is 5.73 Å². The first-order chi connectivity index (χ1) is 7.15. The molecule has 1 aromatic rings. The van der Waals surface area contributed by atoms with Gasteiger partial charge in [-0.3, -0.25) is 4.79 Å². The fourth-order valence-corrected chi connectivity index (χ4v) is 1.68. The van der Waals surface area contributed by atoms with E-state index in [0.717, 1.165) is 10.0 Å². The van der Waals surface area contributed by atoms with E-state index in [1.54, 1.807) is 6.92 Å². The van der Waals surface area contributed by atoms with Gasteiger partial charge >= 0.3 is 5.97 Å². The molecule has 15 heavy (non-hydrogen) atoms. The van der Waals surface area contributed by atoms with E-state index in [2.05, 4.69) is 15.9 Å². The summed E-state index contributed by atoms with van der Waals surface area (Å²) >= 11 is 3.41. The summed E-state index contributed by atoms with van der Waals surface area (Å²) < 4.78 is 5.80. The van der Waals surface area contributed by atoms with Gasteiger partial charge in [-0.05, 0) is 25.0 Å². The molecule has 0 saturated carbocycles. The summed E-state index contributed by atoms with van der Waals surface area (Å²) in [6.07, 6.45) is 0.486. The molecule has 1 rings (SSSR count). The van der Waals surface area contributed by atoms with Crippen molar-refractivity contribution in [3.8, 4) is 0 Å². The van der Waals surface area contributed by atoms with E-state index in [-0.39, 0.29) is 5.97 Å². The number of carbonyl (C=O) groups excluding carboxylic acids is 1. The van der Waals surface area contributed by atoms with E-state index in [1.165, 1.54) is 0 Å². The van der Waals surface area contributed by atoms with Crippen molar-refractivity contribution in [2.75, 3.05) is 6.61 Å². The quantitative estimate of drug-likeness (QED) is 0.851. The molecule has 0 heterocycles. The third-order valence-corrected chi connectivity index (χ3v) is 2.76. The first kappa shape index (κ1) is 12.2. The van der Waals surface area contributed by atoms with Gasteiger partial charge in [0.25, 0.3) is 0 Å². The largest absolute Gasteiger partial charge is 0.465 e. The van der Waals surface area contributed by atoms with E-state index >= 15 is 0 Å². The zero-order chi connectivity index (χ0) is 11.3. The lowest BCUT2D eigenvalue weighted by molar-refractivity contribution is -0.144. The van der Waals surface area contributed by atoms with Gasteiger partial charge in [-0.15, -0.1) is 0 Å². The third kappa shape index (κ3) is 3.64. The normalized spacial score (nSPS) is 12.2. The summed E-state index contributed by atoms with van der Waals surface area (Å²) in [5.74, 6) is -0.353. The molecular formula is C11H14BrNO2. The number of halogens is 1. The topological polar surface area (TPSA) is 52.3 Å². The van der Waals surface area contributed by atoms with Crippen LogP contribution in [0.3, 0.4) is 0 Å².